The van der Waals surface area contributed by atoms with Gasteiger partial charge in [0.05, 0.1) is 6.54 Å². The third-order valence-electron chi connectivity index (χ3n) is 4.02. The quantitative estimate of drug-likeness (QED) is 0.849. The normalized spacial score (nSPS) is 16.7. The highest BCUT2D eigenvalue weighted by atomic mass is 16.3. The van der Waals surface area contributed by atoms with Gasteiger partial charge in [0.1, 0.15) is 11.5 Å². The van der Waals surface area contributed by atoms with Crippen molar-refractivity contribution < 1.29 is 4.42 Å². The first-order valence-corrected chi connectivity index (χ1v) is 8.17. The number of rotatable bonds is 5. The number of nitrogens with zero attached hydrogens (tertiary/aromatic N) is 4. The van der Waals surface area contributed by atoms with E-state index in [1.54, 1.807) is 0 Å². The van der Waals surface area contributed by atoms with Gasteiger partial charge in [-0.25, -0.2) is 9.97 Å². The fraction of sp³-hybridized carbons (Fsp3) is 0.529. The average Bonchev–Trinajstić information content (AvgIpc) is 2.85. The molecule has 0 aromatic carbocycles. The zero-order valence-corrected chi connectivity index (χ0v) is 13.2. The maximum absolute atomic E-state index is 5.90. The van der Waals surface area contributed by atoms with Crippen molar-refractivity contribution >= 4 is 5.95 Å². The first kappa shape index (κ1) is 15.0. The van der Waals surface area contributed by atoms with Crippen LogP contribution in [0, 0.1) is 0 Å². The number of hydrogen-bond donors (Lipinski definition) is 0. The molecule has 1 aliphatic heterocycles. The lowest BCUT2D eigenvalue weighted by Gasteiger charge is -2.21. The van der Waals surface area contributed by atoms with Crippen LogP contribution in [-0.4, -0.2) is 41.0 Å². The van der Waals surface area contributed by atoms with Gasteiger partial charge in [-0.1, -0.05) is 6.92 Å². The van der Waals surface area contributed by atoms with Crippen LogP contribution >= 0.6 is 0 Å². The molecule has 5 heteroatoms. The predicted molar refractivity (Wildman–Crippen MR) is 86.8 cm³/mol. The summed E-state index contributed by atoms with van der Waals surface area (Å²) < 4.78 is 5.90. The number of aromatic nitrogens is 2. The molecule has 0 spiro atoms. The fourth-order valence-electron chi connectivity index (χ4n) is 2.89. The van der Waals surface area contributed by atoms with Gasteiger partial charge in [-0.3, -0.25) is 4.90 Å². The number of furan rings is 1. The topological polar surface area (TPSA) is 45.4 Å². The van der Waals surface area contributed by atoms with Crippen molar-refractivity contribution in [2.24, 2.45) is 0 Å². The van der Waals surface area contributed by atoms with E-state index in [0.717, 1.165) is 69.5 Å². The maximum atomic E-state index is 5.90. The van der Waals surface area contributed by atoms with Gasteiger partial charge in [-0.15, -0.1) is 0 Å². The second-order valence-electron chi connectivity index (χ2n) is 5.78. The van der Waals surface area contributed by atoms with E-state index in [9.17, 15) is 0 Å². The SMILES string of the molecule is CCCc1ccc(CN2CCCN(c3ncccn3)CC2)o1. The highest BCUT2D eigenvalue weighted by Gasteiger charge is 2.17. The van der Waals surface area contributed by atoms with E-state index < -0.39 is 0 Å². The van der Waals surface area contributed by atoms with Gasteiger partial charge in [-0.2, -0.15) is 0 Å². The van der Waals surface area contributed by atoms with Crippen LogP contribution in [0.1, 0.15) is 31.3 Å². The number of anilines is 1. The van der Waals surface area contributed by atoms with Gasteiger partial charge >= 0.3 is 0 Å². The molecule has 22 heavy (non-hydrogen) atoms. The van der Waals surface area contributed by atoms with Crippen molar-refractivity contribution in [3.8, 4) is 0 Å². The second-order valence-corrected chi connectivity index (χ2v) is 5.78. The van der Waals surface area contributed by atoms with Gasteiger partial charge in [0.15, 0.2) is 0 Å². The van der Waals surface area contributed by atoms with E-state index in [-0.39, 0.29) is 0 Å². The summed E-state index contributed by atoms with van der Waals surface area (Å²) >= 11 is 0. The summed E-state index contributed by atoms with van der Waals surface area (Å²) in [6.07, 6.45) is 6.90. The Morgan fingerprint density at radius 1 is 1.05 bits per heavy atom. The minimum absolute atomic E-state index is 0.840. The highest BCUT2D eigenvalue weighted by Crippen LogP contribution is 2.15. The zero-order chi connectivity index (χ0) is 15.2. The molecule has 0 N–H and O–H groups in total. The van der Waals surface area contributed by atoms with Crippen LogP contribution in [0.25, 0.3) is 0 Å². The molecular formula is C17H24N4O. The number of hydrogen-bond acceptors (Lipinski definition) is 5. The van der Waals surface area contributed by atoms with Crippen molar-refractivity contribution in [3.63, 3.8) is 0 Å². The summed E-state index contributed by atoms with van der Waals surface area (Å²) in [7, 11) is 0. The molecule has 1 saturated heterocycles. The largest absolute Gasteiger partial charge is 0.465 e. The Morgan fingerprint density at radius 2 is 1.86 bits per heavy atom. The molecular weight excluding hydrogens is 276 g/mol. The van der Waals surface area contributed by atoms with Crippen molar-refractivity contribution in [1.82, 2.24) is 14.9 Å². The summed E-state index contributed by atoms with van der Waals surface area (Å²) in [5.41, 5.74) is 0. The Balaban J connectivity index is 1.56. The van der Waals surface area contributed by atoms with Crippen molar-refractivity contribution in [1.29, 1.82) is 0 Å². The Hall–Kier alpha value is -1.88. The standard InChI is InChI=1S/C17H24N4O/c1-2-5-15-6-7-16(22-15)14-20-10-4-11-21(13-12-20)17-18-8-3-9-19-17/h3,6-9H,2,4-5,10-14H2,1H3. The molecule has 2 aromatic rings. The first-order chi connectivity index (χ1) is 10.8. The molecule has 0 saturated carbocycles. The summed E-state index contributed by atoms with van der Waals surface area (Å²) in [6.45, 7) is 7.16. The van der Waals surface area contributed by atoms with E-state index in [4.69, 9.17) is 4.42 Å². The Bertz CT molecular complexity index is 569. The minimum atomic E-state index is 0.840. The fourth-order valence-corrected chi connectivity index (χ4v) is 2.89. The Labute approximate surface area is 132 Å². The maximum Gasteiger partial charge on any atom is 0.225 e. The number of aryl methyl sites for hydroxylation is 1. The van der Waals surface area contributed by atoms with Gasteiger partial charge in [0.2, 0.25) is 5.95 Å². The van der Waals surface area contributed by atoms with Crippen LogP contribution in [0.2, 0.25) is 0 Å². The summed E-state index contributed by atoms with van der Waals surface area (Å²) in [5, 5.41) is 0. The monoisotopic (exact) mass is 300 g/mol. The second kappa shape index (κ2) is 7.40. The highest BCUT2D eigenvalue weighted by molar-refractivity contribution is 5.28. The van der Waals surface area contributed by atoms with Gasteiger partial charge in [0.25, 0.3) is 0 Å². The van der Waals surface area contributed by atoms with Crippen molar-refractivity contribution in [2.45, 2.75) is 32.7 Å². The van der Waals surface area contributed by atoms with Gasteiger partial charge in [0, 0.05) is 45.0 Å². The van der Waals surface area contributed by atoms with Crippen LogP contribution in [-0.2, 0) is 13.0 Å². The van der Waals surface area contributed by atoms with Crippen LogP contribution in [0.15, 0.2) is 35.0 Å². The van der Waals surface area contributed by atoms with Gasteiger partial charge < -0.3 is 9.32 Å². The van der Waals surface area contributed by atoms with E-state index in [1.165, 1.54) is 0 Å². The van der Waals surface area contributed by atoms with Crippen molar-refractivity contribution in [3.05, 3.63) is 42.1 Å². The molecule has 0 atom stereocenters. The summed E-state index contributed by atoms with van der Waals surface area (Å²) in [5.74, 6) is 3.02. The predicted octanol–water partition coefficient (Wildman–Crippen LogP) is 2.73. The molecule has 5 nitrogen and oxygen atoms in total. The van der Waals surface area contributed by atoms with Crippen LogP contribution < -0.4 is 4.90 Å². The molecule has 0 amide bonds. The van der Waals surface area contributed by atoms with E-state index >= 15 is 0 Å². The molecule has 0 radical (unpaired) electrons. The summed E-state index contributed by atoms with van der Waals surface area (Å²) in [4.78, 5) is 13.4. The first-order valence-electron chi connectivity index (χ1n) is 8.17. The molecule has 3 rings (SSSR count). The lowest BCUT2D eigenvalue weighted by Crippen LogP contribution is -2.31. The minimum Gasteiger partial charge on any atom is -0.465 e. The molecule has 2 aromatic heterocycles. The van der Waals surface area contributed by atoms with E-state index in [2.05, 4.69) is 38.8 Å². The third kappa shape index (κ3) is 3.85. The van der Waals surface area contributed by atoms with Gasteiger partial charge in [-0.05, 0) is 31.0 Å². The lowest BCUT2D eigenvalue weighted by molar-refractivity contribution is 0.257. The van der Waals surface area contributed by atoms with Crippen LogP contribution in [0.5, 0.6) is 0 Å². The molecule has 3 heterocycles. The Morgan fingerprint density at radius 3 is 2.68 bits per heavy atom. The average molecular weight is 300 g/mol. The molecule has 118 valence electrons. The van der Waals surface area contributed by atoms with Crippen LogP contribution in [0.3, 0.4) is 0 Å². The third-order valence-corrected chi connectivity index (χ3v) is 4.02. The van der Waals surface area contributed by atoms with E-state index in [1.807, 2.05) is 18.5 Å². The molecule has 0 aliphatic carbocycles. The van der Waals surface area contributed by atoms with Crippen LogP contribution in [0.4, 0.5) is 5.95 Å². The zero-order valence-electron chi connectivity index (χ0n) is 13.2. The van der Waals surface area contributed by atoms with Crippen molar-refractivity contribution in [2.75, 3.05) is 31.1 Å². The Kier molecular flexibility index (Phi) is 5.06. The molecule has 1 fully saturated rings. The molecule has 0 bridgehead atoms. The summed E-state index contributed by atoms with van der Waals surface area (Å²) in [6, 6.07) is 6.09. The van der Waals surface area contributed by atoms with E-state index in [0.29, 0.717) is 0 Å². The molecule has 1 aliphatic rings. The lowest BCUT2D eigenvalue weighted by atomic mass is 10.3. The smallest absolute Gasteiger partial charge is 0.225 e. The molecule has 0 unspecified atom stereocenters.